The van der Waals surface area contributed by atoms with Crippen molar-refractivity contribution < 1.29 is 13.5 Å². The first kappa shape index (κ1) is 19.7. The van der Waals surface area contributed by atoms with Gasteiger partial charge >= 0.3 is 0 Å². The fourth-order valence-electron chi connectivity index (χ4n) is 2.46. The van der Waals surface area contributed by atoms with Crippen molar-refractivity contribution >= 4 is 5.96 Å². The standard InChI is InChI=1S/C18H25F2N5O/c1-13-11-14(2)25(24-13)9-4-7-22-18(21-3)23-8-10-26-15-5-6-16(19)17(20)12-15/h5-6,11-12H,4,7-10H2,1-3H3,(H2,21,22,23). The zero-order chi connectivity index (χ0) is 18.9. The number of rotatable bonds is 8. The van der Waals surface area contributed by atoms with Gasteiger partial charge in [-0.2, -0.15) is 5.10 Å². The van der Waals surface area contributed by atoms with Gasteiger partial charge in [-0.25, -0.2) is 8.78 Å². The van der Waals surface area contributed by atoms with Gasteiger partial charge in [0.1, 0.15) is 12.4 Å². The lowest BCUT2D eigenvalue weighted by molar-refractivity contribution is 0.318. The summed E-state index contributed by atoms with van der Waals surface area (Å²) in [6, 6.07) is 5.52. The lowest BCUT2D eigenvalue weighted by Gasteiger charge is -2.13. The van der Waals surface area contributed by atoms with Crippen molar-refractivity contribution in [1.29, 1.82) is 0 Å². The number of guanidine groups is 1. The molecule has 142 valence electrons. The Morgan fingerprint density at radius 1 is 1.15 bits per heavy atom. The van der Waals surface area contributed by atoms with E-state index in [1.54, 1.807) is 7.05 Å². The first-order valence-electron chi connectivity index (χ1n) is 8.53. The topological polar surface area (TPSA) is 63.5 Å². The lowest BCUT2D eigenvalue weighted by atomic mass is 10.3. The molecule has 0 amide bonds. The maximum atomic E-state index is 13.1. The van der Waals surface area contributed by atoms with E-state index in [4.69, 9.17) is 4.74 Å². The Balaban J connectivity index is 1.63. The molecule has 6 nitrogen and oxygen atoms in total. The van der Waals surface area contributed by atoms with Crippen LogP contribution in [0.25, 0.3) is 0 Å². The molecule has 0 aliphatic carbocycles. The van der Waals surface area contributed by atoms with Crippen molar-refractivity contribution in [3.63, 3.8) is 0 Å². The Morgan fingerprint density at radius 3 is 2.58 bits per heavy atom. The Morgan fingerprint density at radius 2 is 1.92 bits per heavy atom. The third kappa shape index (κ3) is 6.02. The molecular formula is C18H25F2N5O. The van der Waals surface area contributed by atoms with Crippen molar-refractivity contribution in [1.82, 2.24) is 20.4 Å². The Kier molecular flexibility index (Phi) is 7.37. The molecular weight excluding hydrogens is 340 g/mol. The molecule has 0 aliphatic rings. The van der Waals surface area contributed by atoms with E-state index in [2.05, 4.69) is 26.8 Å². The number of aliphatic imine (C=N–C) groups is 1. The van der Waals surface area contributed by atoms with Crippen LogP contribution in [0.5, 0.6) is 5.75 Å². The number of hydrogen-bond acceptors (Lipinski definition) is 3. The summed E-state index contributed by atoms with van der Waals surface area (Å²) < 4.78 is 33.3. The fraction of sp³-hybridized carbons (Fsp3) is 0.444. The summed E-state index contributed by atoms with van der Waals surface area (Å²) in [5, 5.41) is 10.7. The number of halogens is 2. The molecule has 2 rings (SSSR count). The van der Waals surface area contributed by atoms with Crippen LogP contribution in [-0.2, 0) is 6.54 Å². The Bertz CT molecular complexity index is 745. The molecule has 0 bridgehead atoms. The maximum Gasteiger partial charge on any atom is 0.191 e. The van der Waals surface area contributed by atoms with Gasteiger partial charge in [-0.05, 0) is 38.5 Å². The molecule has 26 heavy (non-hydrogen) atoms. The summed E-state index contributed by atoms with van der Waals surface area (Å²) in [6.07, 6.45) is 0.911. The molecule has 1 aromatic heterocycles. The first-order chi connectivity index (χ1) is 12.5. The van der Waals surface area contributed by atoms with Crippen molar-refractivity contribution in [3.8, 4) is 5.75 Å². The minimum atomic E-state index is -0.921. The number of hydrogen-bond donors (Lipinski definition) is 2. The predicted octanol–water partition coefficient (Wildman–Crippen LogP) is 2.41. The number of nitrogens with one attached hydrogen (secondary N) is 2. The third-order valence-electron chi connectivity index (χ3n) is 3.72. The van der Waals surface area contributed by atoms with Crippen molar-refractivity contribution in [2.45, 2.75) is 26.8 Å². The summed E-state index contributed by atoms with van der Waals surface area (Å²) in [5.74, 6) is -0.859. The van der Waals surface area contributed by atoms with Crippen LogP contribution >= 0.6 is 0 Å². The first-order valence-corrected chi connectivity index (χ1v) is 8.53. The van der Waals surface area contributed by atoms with Crippen LogP contribution in [-0.4, -0.2) is 42.5 Å². The van der Waals surface area contributed by atoms with Gasteiger partial charge in [-0.3, -0.25) is 9.67 Å². The molecule has 0 unspecified atom stereocenters. The third-order valence-corrected chi connectivity index (χ3v) is 3.72. The van der Waals surface area contributed by atoms with Gasteiger partial charge < -0.3 is 15.4 Å². The molecule has 8 heteroatoms. The second-order valence-electron chi connectivity index (χ2n) is 5.85. The van der Waals surface area contributed by atoms with E-state index < -0.39 is 11.6 Å². The zero-order valence-corrected chi connectivity index (χ0v) is 15.4. The number of ether oxygens (including phenoxy) is 1. The molecule has 0 spiro atoms. The molecule has 0 fully saturated rings. The highest BCUT2D eigenvalue weighted by Crippen LogP contribution is 2.14. The van der Waals surface area contributed by atoms with Crippen molar-refractivity contribution in [3.05, 3.63) is 47.3 Å². The SMILES string of the molecule is CN=C(NCCCn1nc(C)cc1C)NCCOc1ccc(F)c(F)c1. The van der Waals surface area contributed by atoms with Crippen LogP contribution in [0.15, 0.2) is 29.3 Å². The molecule has 1 aromatic carbocycles. The summed E-state index contributed by atoms with van der Waals surface area (Å²) in [6.45, 7) is 6.40. The predicted molar refractivity (Wildman–Crippen MR) is 97.5 cm³/mol. The van der Waals surface area contributed by atoms with E-state index in [-0.39, 0.29) is 0 Å². The van der Waals surface area contributed by atoms with Gasteiger partial charge in [-0.1, -0.05) is 0 Å². The van der Waals surface area contributed by atoms with Crippen molar-refractivity contribution in [2.24, 2.45) is 4.99 Å². The number of benzene rings is 1. The van der Waals surface area contributed by atoms with Gasteiger partial charge in [0.25, 0.3) is 0 Å². The highest BCUT2D eigenvalue weighted by atomic mass is 19.2. The molecule has 1 heterocycles. The smallest absolute Gasteiger partial charge is 0.191 e. The van der Waals surface area contributed by atoms with Crippen LogP contribution in [0.4, 0.5) is 8.78 Å². The van der Waals surface area contributed by atoms with Gasteiger partial charge in [0.15, 0.2) is 17.6 Å². The van der Waals surface area contributed by atoms with Gasteiger partial charge in [0.2, 0.25) is 0 Å². The highest BCUT2D eigenvalue weighted by Gasteiger charge is 2.04. The van der Waals surface area contributed by atoms with Gasteiger partial charge in [-0.15, -0.1) is 0 Å². The molecule has 0 radical (unpaired) electrons. The number of aromatic nitrogens is 2. The molecule has 0 atom stereocenters. The fourth-order valence-corrected chi connectivity index (χ4v) is 2.46. The largest absolute Gasteiger partial charge is 0.492 e. The maximum absolute atomic E-state index is 13.1. The number of nitrogens with zero attached hydrogens (tertiary/aromatic N) is 3. The van der Waals surface area contributed by atoms with Crippen LogP contribution < -0.4 is 15.4 Å². The summed E-state index contributed by atoms with van der Waals surface area (Å²) >= 11 is 0. The van der Waals surface area contributed by atoms with E-state index >= 15 is 0 Å². The molecule has 0 aliphatic heterocycles. The lowest BCUT2D eigenvalue weighted by Crippen LogP contribution is -2.39. The number of aryl methyl sites for hydroxylation is 3. The quantitative estimate of drug-likeness (QED) is 0.428. The van der Waals surface area contributed by atoms with E-state index in [0.717, 1.165) is 43.0 Å². The molecule has 2 N–H and O–H groups in total. The van der Waals surface area contributed by atoms with Crippen LogP contribution in [0.3, 0.4) is 0 Å². The van der Waals surface area contributed by atoms with E-state index in [9.17, 15) is 8.78 Å². The minimum Gasteiger partial charge on any atom is -0.492 e. The van der Waals surface area contributed by atoms with Gasteiger partial charge in [0.05, 0.1) is 12.2 Å². The molecule has 0 saturated heterocycles. The average molecular weight is 365 g/mol. The van der Waals surface area contributed by atoms with E-state index in [0.29, 0.717) is 24.9 Å². The Hall–Kier alpha value is -2.64. The van der Waals surface area contributed by atoms with Crippen LogP contribution in [0.1, 0.15) is 17.8 Å². The highest BCUT2D eigenvalue weighted by molar-refractivity contribution is 5.79. The van der Waals surface area contributed by atoms with Crippen LogP contribution in [0, 0.1) is 25.5 Å². The summed E-state index contributed by atoms with van der Waals surface area (Å²) in [4.78, 5) is 4.13. The second kappa shape index (κ2) is 9.74. The molecule has 2 aromatic rings. The monoisotopic (exact) mass is 365 g/mol. The molecule has 0 saturated carbocycles. The average Bonchev–Trinajstić information content (AvgIpc) is 2.94. The minimum absolute atomic E-state index is 0.290. The zero-order valence-electron chi connectivity index (χ0n) is 15.4. The summed E-state index contributed by atoms with van der Waals surface area (Å²) in [7, 11) is 1.69. The second-order valence-corrected chi connectivity index (χ2v) is 5.85. The van der Waals surface area contributed by atoms with E-state index in [1.807, 2.05) is 18.5 Å². The normalized spacial score (nSPS) is 11.5. The van der Waals surface area contributed by atoms with Crippen LogP contribution in [0.2, 0.25) is 0 Å². The van der Waals surface area contributed by atoms with Crippen molar-refractivity contribution in [2.75, 3.05) is 26.7 Å². The summed E-state index contributed by atoms with van der Waals surface area (Å²) in [5.41, 5.74) is 2.17. The van der Waals surface area contributed by atoms with Gasteiger partial charge in [0, 0.05) is 31.9 Å². The Labute approximate surface area is 152 Å². The van der Waals surface area contributed by atoms with E-state index in [1.165, 1.54) is 6.07 Å².